The van der Waals surface area contributed by atoms with Crippen LogP contribution in [0.4, 0.5) is 4.39 Å². The third-order valence-electron chi connectivity index (χ3n) is 3.54. The summed E-state index contributed by atoms with van der Waals surface area (Å²) in [4.78, 5) is 38.4. The summed E-state index contributed by atoms with van der Waals surface area (Å²) in [7, 11) is 0. The Labute approximate surface area is 170 Å². The average Bonchev–Trinajstić information content (AvgIpc) is 2.69. The van der Waals surface area contributed by atoms with Crippen molar-refractivity contribution in [3.8, 4) is 5.75 Å². The van der Waals surface area contributed by atoms with Crippen LogP contribution in [0.5, 0.6) is 5.75 Å². The van der Waals surface area contributed by atoms with Gasteiger partial charge in [0.1, 0.15) is 17.3 Å². The summed E-state index contributed by atoms with van der Waals surface area (Å²) in [5, 5.41) is 13.9. The second-order valence-corrected chi connectivity index (χ2v) is 6.16. The maximum Gasteiger partial charge on any atom is 0.354 e. The van der Waals surface area contributed by atoms with Crippen LogP contribution >= 0.6 is 11.6 Å². The molecular weight excluding hydrogens is 405 g/mol. The fourth-order valence-corrected chi connectivity index (χ4v) is 2.22. The zero-order chi connectivity index (χ0) is 21.4. The van der Waals surface area contributed by atoms with Crippen molar-refractivity contribution in [2.45, 2.75) is 6.42 Å². The van der Waals surface area contributed by atoms with Crippen molar-refractivity contribution in [3.63, 3.8) is 0 Å². The van der Waals surface area contributed by atoms with Crippen molar-refractivity contribution in [2.75, 3.05) is 13.2 Å². The number of nitrogens with one attached hydrogen (secondary N) is 2. The number of hydrogen-bond donors (Lipinski definition) is 3. The maximum absolute atomic E-state index is 13.3. The van der Waals surface area contributed by atoms with Crippen LogP contribution in [0.3, 0.4) is 0 Å². The van der Waals surface area contributed by atoms with Gasteiger partial charge in [-0.2, -0.15) is 0 Å². The number of pyridine rings is 1. The molecule has 2 rings (SSSR count). The molecule has 0 aliphatic rings. The van der Waals surface area contributed by atoms with Crippen LogP contribution in [0, 0.1) is 5.82 Å². The Bertz CT molecular complexity index is 951. The second kappa shape index (κ2) is 10.2. The minimum atomic E-state index is -1.25. The average molecular weight is 422 g/mol. The number of carboxylic acid groups (broad SMARTS) is 1. The molecule has 8 nitrogen and oxygen atoms in total. The number of carbonyl (C=O) groups is 3. The van der Waals surface area contributed by atoms with Gasteiger partial charge in [0.2, 0.25) is 0 Å². The van der Waals surface area contributed by atoms with E-state index in [9.17, 15) is 18.8 Å². The number of amides is 2. The Balaban J connectivity index is 1.72. The fourth-order valence-electron chi connectivity index (χ4n) is 2.10. The van der Waals surface area contributed by atoms with Crippen molar-refractivity contribution in [3.05, 3.63) is 70.9 Å². The third kappa shape index (κ3) is 6.89. The molecule has 0 radical (unpaired) electrons. The number of aromatic carboxylic acids is 1. The number of nitrogens with zero attached hydrogens (tertiary/aromatic N) is 1. The van der Waals surface area contributed by atoms with E-state index in [0.29, 0.717) is 5.70 Å². The number of halogens is 2. The number of benzene rings is 1. The van der Waals surface area contributed by atoms with Crippen molar-refractivity contribution in [2.24, 2.45) is 0 Å². The summed E-state index contributed by atoms with van der Waals surface area (Å²) < 4.78 is 18.5. The summed E-state index contributed by atoms with van der Waals surface area (Å²) >= 11 is 5.56. The van der Waals surface area contributed by atoms with Crippen LogP contribution in [0.2, 0.25) is 5.02 Å². The lowest BCUT2D eigenvalue weighted by Crippen LogP contribution is -2.31. The quantitative estimate of drug-likeness (QED) is 0.572. The lowest BCUT2D eigenvalue weighted by molar-refractivity contribution is -0.123. The van der Waals surface area contributed by atoms with Crippen molar-refractivity contribution < 1.29 is 28.6 Å². The van der Waals surface area contributed by atoms with Gasteiger partial charge in [-0.1, -0.05) is 18.2 Å². The fraction of sp³-hybridized carbons (Fsp3) is 0.158. The number of ether oxygens (including phenoxy) is 1. The predicted molar refractivity (Wildman–Crippen MR) is 102 cm³/mol. The van der Waals surface area contributed by atoms with E-state index in [4.69, 9.17) is 21.4 Å². The molecule has 0 unspecified atom stereocenters. The van der Waals surface area contributed by atoms with E-state index >= 15 is 0 Å². The SMILES string of the molecule is C=C(CCNC(=O)COc1ccc(Cl)c(F)c1)NC(=O)c1ccnc(C(=O)O)c1. The molecule has 0 atom stereocenters. The number of carboxylic acids is 1. The monoisotopic (exact) mass is 421 g/mol. The number of carbonyl (C=O) groups excluding carboxylic acids is 2. The zero-order valence-corrected chi connectivity index (χ0v) is 15.8. The molecule has 29 heavy (non-hydrogen) atoms. The van der Waals surface area contributed by atoms with Crippen LogP contribution in [0.15, 0.2) is 48.8 Å². The molecule has 2 aromatic rings. The van der Waals surface area contributed by atoms with Crippen molar-refractivity contribution in [1.82, 2.24) is 15.6 Å². The smallest absolute Gasteiger partial charge is 0.354 e. The van der Waals surface area contributed by atoms with Gasteiger partial charge in [-0.3, -0.25) is 9.59 Å². The highest BCUT2D eigenvalue weighted by molar-refractivity contribution is 6.30. The molecule has 0 fully saturated rings. The Morgan fingerprint density at radius 2 is 2.00 bits per heavy atom. The molecule has 0 aliphatic heterocycles. The molecule has 10 heteroatoms. The highest BCUT2D eigenvalue weighted by Gasteiger charge is 2.12. The predicted octanol–water partition coefficient (Wildman–Crippen LogP) is 2.40. The first kappa shape index (κ1) is 21.8. The van der Waals surface area contributed by atoms with Gasteiger partial charge in [0.15, 0.2) is 6.61 Å². The summed E-state index contributed by atoms with van der Waals surface area (Å²) in [5.74, 6) is -2.72. The van der Waals surface area contributed by atoms with Crippen LogP contribution in [-0.2, 0) is 4.79 Å². The van der Waals surface area contributed by atoms with E-state index in [1.54, 1.807) is 0 Å². The van der Waals surface area contributed by atoms with Crippen LogP contribution in [-0.4, -0.2) is 41.0 Å². The highest BCUT2D eigenvalue weighted by atomic mass is 35.5. The molecule has 0 saturated heterocycles. The van der Waals surface area contributed by atoms with E-state index < -0.39 is 23.6 Å². The second-order valence-electron chi connectivity index (χ2n) is 5.76. The van der Waals surface area contributed by atoms with Gasteiger partial charge in [0, 0.05) is 36.5 Å². The van der Waals surface area contributed by atoms with Crippen molar-refractivity contribution in [1.29, 1.82) is 0 Å². The maximum atomic E-state index is 13.3. The molecule has 0 spiro atoms. The summed E-state index contributed by atoms with van der Waals surface area (Å²) in [6.45, 7) is 3.53. The van der Waals surface area contributed by atoms with Gasteiger partial charge in [0.05, 0.1) is 5.02 Å². The Morgan fingerprint density at radius 1 is 1.24 bits per heavy atom. The highest BCUT2D eigenvalue weighted by Crippen LogP contribution is 2.20. The molecule has 1 aromatic heterocycles. The van der Waals surface area contributed by atoms with E-state index in [0.717, 1.165) is 12.1 Å². The number of aromatic nitrogens is 1. The topological polar surface area (TPSA) is 118 Å². The molecule has 1 heterocycles. The lowest BCUT2D eigenvalue weighted by Gasteiger charge is -2.10. The molecule has 2 amide bonds. The normalized spacial score (nSPS) is 10.1. The molecule has 0 saturated carbocycles. The molecule has 1 aromatic carbocycles. The largest absolute Gasteiger partial charge is 0.484 e. The van der Waals surface area contributed by atoms with E-state index in [1.807, 2.05) is 0 Å². The Hall–Kier alpha value is -3.46. The van der Waals surface area contributed by atoms with Crippen molar-refractivity contribution >= 4 is 29.4 Å². The first-order valence-electron chi connectivity index (χ1n) is 8.29. The van der Waals surface area contributed by atoms with Gasteiger partial charge >= 0.3 is 5.97 Å². The van der Waals surface area contributed by atoms with Crippen LogP contribution in [0.25, 0.3) is 0 Å². The minimum Gasteiger partial charge on any atom is -0.484 e. The van der Waals surface area contributed by atoms with Gasteiger partial charge < -0.3 is 20.5 Å². The first-order chi connectivity index (χ1) is 13.8. The molecule has 0 bridgehead atoms. The summed E-state index contributed by atoms with van der Waals surface area (Å²) in [6, 6.07) is 6.34. The van der Waals surface area contributed by atoms with Crippen LogP contribution in [0.1, 0.15) is 27.3 Å². The standard InChI is InChI=1S/C19H17ClFN3O5/c1-11(24-18(26)12-5-7-22-16(8-12)19(27)28)4-6-23-17(25)10-29-13-2-3-14(20)15(21)9-13/h2-3,5,7-9H,1,4,6,10H2,(H,23,25)(H,24,26)(H,27,28). The van der Waals surface area contributed by atoms with Gasteiger partial charge in [0.25, 0.3) is 11.8 Å². The number of rotatable bonds is 9. The van der Waals surface area contributed by atoms with E-state index in [1.165, 1.54) is 24.4 Å². The Kier molecular flexibility index (Phi) is 7.67. The van der Waals surface area contributed by atoms with Gasteiger partial charge in [-0.15, -0.1) is 0 Å². The molecule has 152 valence electrons. The molecule has 3 N–H and O–H groups in total. The minimum absolute atomic E-state index is 0.0479. The van der Waals surface area contributed by atoms with E-state index in [-0.39, 0.29) is 41.6 Å². The van der Waals surface area contributed by atoms with Gasteiger partial charge in [-0.05, 0) is 24.3 Å². The van der Waals surface area contributed by atoms with Crippen LogP contribution < -0.4 is 15.4 Å². The number of hydrogen-bond acceptors (Lipinski definition) is 5. The molecular formula is C19H17ClFN3O5. The summed E-state index contributed by atoms with van der Waals surface area (Å²) in [5.41, 5.74) is 0.187. The lowest BCUT2D eigenvalue weighted by atomic mass is 10.2. The van der Waals surface area contributed by atoms with Gasteiger partial charge in [-0.25, -0.2) is 14.2 Å². The van der Waals surface area contributed by atoms with E-state index in [2.05, 4.69) is 22.2 Å². The summed E-state index contributed by atoms with van der Waals surface area (Å²) in [6.07, 6.45) is 1.46. The Morgan fingerprint density at radius 3 is 2.69 bits per heavy atom. The first-order valence-corrected chi connectivity index (χ1v) is 8.67. The third-order valence-corrected chi connectivity index (χ3v) is 3.85. The zero-order valence-electron chi connectivity index (χ0n) is 15.1. The molecule has 0 aliphatic carbocycles.